The second kappa shape index (κ2) is 12.5. The van der Waals surface area contributed by atoms with Gasteiger partial charge in [-0.1, -0.05) is 19.0 Å². The maximum Gasteiger partial charge on any atom is 0.413 e. The normalized spacial score (nSPS) is 17.7. The van der Waals surface area contributed by atoms with Crippen LogP contribution < -0.4 is 5.32 Å². The Morgan fingerprint density at radius 3 is 2.41 bits per heavy atom. The van der Waals surface area contributed by atoms with Gasteiger partial charge in [0.25, 0.3) is 11.8 Å². The molecule has 0 aliphatic carbocycles. The zero-order valence-corrected chi connectivity index (χ0v) is 23.3. The number of imide groups is 1. The fourth-order valence-electron chi connectivity index (χ4n) is 3.34. The van der Waals surface area contributed by atoms with Gasteiger partial charge in [0.1, 0.15) is 11.3 Å². The number of carbonyl (C=O) groups is 5. The van der Waals surface area contributed by atoms with Gasteiger partial charge in [-0.05, 0) is 26.7 Å². The molecule has 2 aliphatic heterocycles. The standard InChI is InChI=1S/C24H32N4O10S/c1-14(2)12-35-20(32)24(8-10-34-11-9-24)38-27-18(19(31)37-28-16(29)6-7-17(28)30)15-13-39-21(25-15)26-22(33)36-23(3,4)5/h13-14H,6-12H2,1-5H3,(H,25,26,33)/b27-18-. The van der Waals surface area contributed by atoms with Gasteiger partial charge in [0.2, 0.25) is 11.3 Å². The number of ether oxygens (including phenoxy) is 3. The molecule has 15 heteroatoms. The van der Waals surface area contributed by atoms with Crippen LogP contribution in [0.1, 0.15) is 66.0 Å². The van der Waals surface area contributed by atoms with Crippen molar-refractivity contribution in [3.05, 3.63) is 11.1 Å². The van der Waals surface area contributed by atoms with Gasteiger partial charge < -0.3 is 23.9 Å². The number of aromatic nitrogens is 1. The minimum Gasteiger partial charge on any atom is -0.462 e. The third kappa shape index (κ3) is 8.20. The molecule has 39 heavy (non-hydrogen) atoms. The average Bonchev–Trinajstić information content (AvgIpc) is 3.43. The molecular weight excluding hydrogens is 536 g/mol. The van der Waals surface area contributed by atoms with Gasteiger partial charge in [-0.2, -0.15) is 0 Å². The molecule has 214 valence electrons. The van der Waals surface area contributed by atoms with Crippen LogP contribution in [0.4, 0.5) is 9.93 Å². The van der Waals surface area contributed by atoms with E-state index in [2.05, 4.69) is 15.5 Å². The minimum absolute atomic E-state index is 0.0604. The first-order valence-corrected chi connectivity index (χ1v) is 13.2. The number of hydroxylamine groups is 2. The molecule has 14 nitrogen and oxygen atoms in total. The number of rotatable bonds is 9. The van der Waals surface area contributed by atoms with Crippen molar-refractivity contribution in [1.82, 2.24) is 10.0 Å². The van der Waals surface area contributed by atoms with Crippen LogP contribution in [0, 0.1) is 5.92 Å². The molecule has 0 spiro atoms. The van der Waals surface area contributed by atoms with Crippen molar-refractivity contribution in [2.24, 2.45) is 11.1 Å². The second-order valence-corrected chi connectivity index (χ2v) is 11.1. The molecule has 1 aromatic rings. The Morgan fingerprint density at radius 1 is 1.18 bits per heavy atom. The van der Waals surface area contributed by atoms with Crippen molar-refractivity contribution in [3.63, 3.8) is 0 Å². The Bertz CT molecular complexity index is 1120. The monoisotopic (exact) mass is 568 g/mol. The third-order valence-electron chi connectivity index (χ3n) is 5.26. The van der Waals surface area contributed by atoms with Crippen LogP contribution in [0.2, 0.25) is 0 Å². The van der Waals surface area contributed by atoms with E-state index in [0.717, 1.165) is 11.3 Å². The summed E-state index contributed by atoms with van der Waals surface area (Å²) in [6, 6.07) is 0. The maximum absolute atomic E-state index is 13.1. The van der Waals surface area contributed by atoms with E-state index in [9.17, 15) is 24.0 Å². The molecule has 3 heterocycles. The van der Waals surface area contributed by atoms with Gasteiger partial charge in [0.05, 0.1) is 19.8 Å². The molecule has 3 rings (SSSR count). The topological polar surface area (TPSA) is 172 Å². The van der Waals surface area contributed by atoms with E-state index in [-0.39, 0.29) is 62.2 Å². The Morgan fingerprint density at radius 2 is 1.82 bits per heavy atom. The number of hydrogen-bond acceptors (Lipinski definition) is 13. The molecule has 0 unspecified atom stereocenters. The van der Waals surface area contributed by atoms with Gasteiger partial charge in [0.15, 0.2) is 5.13 Å². The van der Waals surface area contributed by atoms with Gasteiger partial charge in [-0.25, -0.2) is 19.4 Å². The number of esters is 1. The van der Waals surface area contributed by atoms with Crippen LogP contribution in [-0.4, -0.2) is 76.6 Å². The average molecular weight is 569 g/mol. The SMILES string of the molecule is CC(C)COC(=O)C1(O/N=C(\C(=O)ON2C(=O)CCC2=O)c2csc(NC(=O)OC(C)(C)C)n2)CCOCC1. The lowest BCUT2D eigenvalue weighted by atomic mass is 9.94. The third-order valence-corrected chi connectivity index (χ3v) is 6.02. The molecule has 3 amide bonds. The Kier molecular flexibility index (Phi) is 9.61. The van der Waals surface area contributed by atoms with Gasteiger partial charge in [-0.3, -0.25) is 14.9 Å². The fourth-order valence-corrected chi connectivity index (χ4v) is 4.03. The number of anilines is 1. The zero-order valence-electron chi connectivity index (χ0n) is 22.4. The lowest BCUT2D eigenvalue weighted by Gasteiger charge is -2.32. The molecular formula is C24H32N4O10S. The van der Waals surface area contributed by atoms with E-state index < -0.39 is 46.8 Å². The van der Waals surface area contributed by atoms with Crippen LogP contribution in [0.15, 0.2) is 10.5 Å². The maximum atomic E-state index is 13.1. The first-order valence-electron chi connectivity index (χ1n) is 12.3. The summed E-state index contributed by atoms with van der Waals surface area (Å²) in [7, 11) is 0. The van der Waals surface area contributed by atoms with Crippen LogP contribution in [0.25, 0.3) is 0 Å². The van der Waals surface area contributed by atoms with Crippen molar-refractivity contribution in [2.75, 3.05) is 25.1 Å². The van der Waals surface area contributed by atoms with Gasteiger partial charge >= 0.3 is 18.0 Å². The van der Waals surface area contributed by atoms with Gasteiger partial charge in [-0.15, -0.1) is 16.4 Å². The van der Waals surface area contributed by atoms with Crippen LogP contribution in [0.5, 0.6) is 0 Å². The molecule has 2 fully saturated rings. The minimum atomic E-state index is -1.55. The molecule has 1 aromatic heterocycles. The van der Waals surface area contributed by atoms with Crippen molar-refractivity contribution in [1.29, 1.82) is 0 Å². The number of nitrogens with zero attached hydrogens (tertiary/aromatic N) is 3. The largest absolute Gasteiger partial charge is 0.462 e. The number of thiazole rings is 1. The molecule has 1 N–H and O–H groups in total. The number of carbonyl (C=O) groups excluding carboxylic acids is 5. The molecule has 0 atom stereocenters. The van der Waals surface area contributed by atoms with Crippen LogP contribution >= 0.6 is 11.3 Å². The number of hydrogen-bond donors (Lipinski definition) is 1. The lowest BCUT2D eigenvalue weighted by Crippen LogP contribution is -2.47. The van der Waals surface area contributed by atoms with Crippen molar-refractivity contribution in [3.8, 4) is 0 Å². The van der Waals surface area contributed by atoms with E-state index in [1.807, 2.05) is 13.8 Å². The fraction of sp³-hybridized carbons (Fsp3) is 0.625. The van der Waals surface area contributed by atoms with E-state index >= 15 is 0 Å². The summed E-state index contributed by atoms with van der Waals surface area (Å²) in [5.41, 5.74) is -2.96. The van der Waals surface area contributed by atoms with Crippen LogP contribution in [-0.2, 0) is 43.1 Å². The molecule has 2 saturated heterocycles. The van der Waals surface area contributed by atoms with E-state index in [0.29, 0.717) is 5.06 Å². The summed E-state index contributed by atoms with van der Waals surface area (Å²) in [4.78, 5) is 77.1. The highest BCUT2D eigenvalue weighted by atomic mass is 32.1. The predicted molar refractivity (Wildman–Crippen MR) is 135 cm³/mol. The smallest absolute Gasteiger partial charge is 0.413 e. The van der Waals surface area contributed by atoms with Crippen molar-refractivity contribution >= 4 is 52.0 Å². The first kappa shape index (κ1) is 30.0. The number of oxime groups is 1. The van der Waals surface area contributed by atoms with E-state index in [1.165, 1.54) is 5.38 Å². The summed E-state index contributed by atoms with van der Waals surface area (Å²) < 4.78 is 15.9. The summed E-state index contributed by atoms with van der Waals surface area (Å²) in [6.45, 7) is 9.35. The van der Waals surface area contributed by atoms with Crippen LogP contribution in [0.3, 0.4) is 0 Å². The van der Waals surface area contributed by atoms with E-state index in [4.69, 9.17) is 23.9 Å². The highest BCUT2D eigenvalue weighted by molar-refractivity contribution is 7.14. The highest BCUT2D eigenvalue weighted by Gasteiger charge is 2.46. The number of amides is 3. The summed E-state index contributed by atoms with van der Waals surface area (Å²) >= 11 is 0.945. The van der Waals surface area contributed by atoms with E-state index in [1.54, 1.807) is 20.8 Å². The molecule has 0 bridgehead atoms. The Labute approximate surface area is 228 Å². The van der Waals surface area contributed by atoms with Crippen molar-refractivity contribution in [2.45, 2.75) is 71.5 Å². The summed E-state index contributed by atoms with van der Waals surface area (Å²) in [5, 5.41) is 8.15. The van der Waals surface area contributed by atoms with Crippen molar-refractivity contribution < 1.29 is 47.9 Å². The predicted octanol–water partition coefficient (Wildman–Crippen LogP) is 2.57. The summed E-state index contributed by atoms with van der Waals surface area (Å²) in [6.07, 6.45) is -0.799. The molecule has 0 saturated carbocycles. The Balaban J connectivity index is 1.89. The van der Waals surface area contributed by atoms with Gasteiger partial charge in [0, 0.05) is 31.1 Å². The lowest BCUT2D eigenvalue weighted by molar-refractivity contribution is -0.193. The number of nitrogens with one attached hydrogen (secondary N) is 1. The molecule has 0 radical (unpaired) electrons. The molecule has 0 aromatic carbocycles. The summed E-state index contributed by atoms with van der Waals surface area (Å²) in [5.74, 6) is -3.23. The quantitative estimate of drug-likeness (QED) is 0.201. The zero-order chi connectivity index (χ0) is 28.8. The Hall–Kier alpha value is -3.59. The first-order chi connectivity index (χ1) is 18.3. The molecule has 2 aliphatic rings. The highest BCUT2D eigenvalue weighted by Crippen LogP contribution is 2.28. The second-order valence-electron chi connectivity index (χ2n) is 10.3.